The molecule has 0 aliphatic carbocycles. The minimum Gasteiger partial charge on any atom is -0.462 e. The fourth-order valence-corrected chi connectivity index (χ4v) is 10.9. The third-order valence-electron chi connectivity index (χ3n) is 14.8. The van der Waals surface area contributed by atoms with E-state index in [1.54, 1.807) is 0 Å². The molecule has 0 aliphatic rings. The van der Waals surface area contributed by atoms with Crippen LogP contribution in [0.1, 0.15) is 297 Å². The molecular formula is C73H128O17P2. The summed E-state index contributed by atoms with van der Waals surface area (Å²) in [5.41, 5.74) is 0. The van der Waals surface area contributed by atoms with Gasteiger partial charge in [0.1, 0.15) is 19.3 Å². The fraction of sp³-hybridized carbons (Fsp3) is 0.753. The number of phosphoric acid groups is 2. The van der Waals surface area contributed by atoms with Gasteiger partial charge in [-0.05, 0) is 109 Å². The van der Waals surface area contributed by atoms with E-state index in [0.717, 1.165) is 154 Å². The van der Waals surface area contributed by atoms with Crippen LogP contribution in [0.15, 0.2) is 85.1 Å². The van der Waals surface area contributed by atoms with Crippen LogP contribution in [0.25, 0.3) is 0 Å². The van der Waals surface area contributed by atoms with E-state index in [-0.39, 0.29) is 25.7 Å². The molecule has 0 radical (unpaired) electrons. The summed E-state index contributed by atoms with van der Waals surface area (Å²) in [6, 6.07) is 0. The molecule has 0 aromatic rings. The van der Waals surface area contributed by atoms with Crippen molar-refractivity contribution in [1.29, 1.82) is 0 Å². The summed E-state index contributed by atoms with van der Waals surface area (Å²) in [5.74, 6) is -2.24. The van der Waals surface area contributed by atoms with E-state index in [0.29, 0.717) is 25.7 Å². The van der Waals surface area contributed by atoms with E-state index in [1.165, 1.54) is 64.2 Å². The maximum Gasteiger partial charge on any atom is 0.472 e. The molecule has 0 aliphatic heterocycles. The van der Waals surface area contributed by atoms with Gasteiger partial charge in [-0.3, -0.25) is 37.3 Å². The Morgan fingerprint density at radius 1 is 0.315 bits per heavy atom. The van der Waals surface area contributed by atoms with Gasteiger partial charge in [-0.25, -0.2) is 9.13 Å². The predicted octanol–water partition coefficient (Wildman–Crippen LogP) is 19.9. The second kappa shape index (κ2) is 65.9. The maximum absolute atomic E-state index is 13.0. The van der Waals surface area contributed by atoms with Crippen molar-refractivity contribution >= 4 is 39.5 Å². The molecule has 0 rings (SSSR count). The molecule has 19 heteroatoms. The lowest BCUT2D eigenvalue weighted by Gasteiger charge is -2.21. The van der Waals surface area contributed by atoms with Gasteiger partial charge in [0.25, 0.3) is 0 Å². The summed E-state index contributed by atoms with van der Waals surface area (Å²) in [5, 5.41) is 10.6. The SMILES string of the molecule is CC/C=C\C/C=C\C/C=C\C/C=C\CCCCC(=O)OCC(COP(=O)(O)OCC(O)COP(=O)(O)OCC(COC(=O)CCCCCCC/C=C\C/C=C\CCC)OC(=O)CCCCCCC/C=C\CCCC)OC(=O)CCCCCCCCCCCCCCC. The van der Waals surface area contributed by atoms with Crippen LogP contribution in [0.4, 0.5) is 0 Å². The minimum absolute atomic E-state index is 0.0818. The number of aliphatic hydroxyl groups is 1. The number of carbonyl (C=O) groups excluding carboxylic acids is 4. The number of carbonyl (C=O) groups is 4. The van der Waals surface area contributed by atoms with E-state index >= 15 is 0 Å². The summed E-state index contributed by atoms with van der Waals surface area (Å²) >= 11 is 0. The van der Waals surface area contributed by atoms with E-state index in [1.807, 2.05) is 0 Å². The Morgan fingerprint density at radius 2 is 0.598 bits per heavy atom. The Labute approximate surface area is 557 Å². The van der Waals surface area contributed by atoms with Crippen molar-refractivity contribution in [2.75, 3.05) is 39.6 Å². The molecule has 5 unspecified atom stereocenters. The van der Waals surface area contributed by atoms with Crippen molar-refractivity contribution in [2.24, 2.45) is 0 Å². The second-order valence-corrected chi connectivity index (χ2v) is 26.7. The number of hydrogen-bond donors (Lipinski definition) is 3. The lowest BCUT2D eigenvalue weighted by Crippen LogP contribution is -2.30. The molecule has 5 atom stereocenters. The molecule has 0 fully saturated rings. The summed E-state index contributed by atoms with van der Waals surface area (Å²) in [6.45, 7) is 4.58. The first-order valence-electron chi connectivity index (χ1n) is 35.8. The van der Waals surface area contributed by atoms with Crippen molar-refractivity contribution in [1.82, 2.24) is 0 Å². The van der Waals surface area contributed by atoms with Gasteiger partial charge in [-0.15, -0.1) is 0 Å². The van der Waals surface area contributed by atoms with Gasteiger partial charge in [0.05, 0.1) is 26.4 Å². The van der Waals surface area contributed by atoms with Crippen LogP contribution in [0, 0.1) is 0 Å². The van der Waals surface area contributed by atoms with Gasteiger partial charge in [0, 0.05) is 25.7 Å². The summed E-state index contributed by atoms with van der Waals surface area (Å²) < 4.78 is 68.2. The smallest absolute Gasteiger partial charge is 0.462 e. The van der Waals surface area contributed by atoms with Crippen LogP contribution < -0.4 is 0 Å². The van der Waals surface area contributed by atoms with Crippen LogP contribution >= 0.6 is 15.6 Å². The maximum atomic E-state index is 13.0. The average Bonchev–Trinajstić information content (AvgIpc) is 2.73. The van der Waals surface area contributed by atoms with Crippen LogP contribution in [-0.2, 0) is 65.4 Å². The molecule has 0 saturated carbocycles. The number of ether oxygens (including phenoxy) is 4. The van der Waals surface area contributed by atoms with Gasteiger partial charge >= 0.3 is 39.5 Å². The zero-order valence-corrected chi connectivity index (χ0v) is 59.5. The average molecular weight is 1340 g/mol. The van der Waals surface area contributed by atoms with Crippen molar-refractivity contribution in [3.05, 3.63) is 85.1 Å². The Bertz CT molecular complexity index is 2090. The molecular weight excluding hydrogens is 1210 g/mol. The molecule has 0 heterocycles. The summed E-state index contributed by atoms with van der Waals surface area (Å²) in [7, 11) is -9.94. The van der Waals surface area contributed by atoms with Gasteiger partial charge in [-0.2, -0.15) is 0 Å². The predicted molar refractivity (Wildman–Crippen MR) is 372 cm³/mol. The molecule has 3 N–H and O–H groups in total. The summed E-state index contributed by atoms with van der Waals surface area (Å²) in [4.78, 5) is 72.5. The van der Waals surface area contributed by atoms with E-state index < -0.39 is 97.5 Å². The summed E-state index contributed by atoms with van der Waals surface area (Å²) in [6.07, 6.45) is 64.6. The molecule has 0 bridgehead atoms. The fourth-order valence-electron chi connectivity index (χ4n) is 9.35. The van der Waals surface area contributed by atoms with Crippen LogP contribution in [0.2, 0.25) is 0 Å². The number of rotatable bonds is 67. The Hall–Kier alpha value is -3.76. The third-order valence-corrected chi connectivity index (χ3v) is 16.7. The largest absolute Gasteiger partial charge is 0.472 e. The molecule has 0 aromatic carbocycles. The van der Waals surface area contributed by atoms with E-state index in [9.17, 15) is 43.2 Å². The quantitative estimate of drug-likeness (QED) is 0.0169. The number of aliphatic hydroxyl groups excluding tert-OH is 1. The second-order valence-electron chi connectivity index (χ2n) is 23.8. The topological polar surface area (TPSA) is 237 Å². The van der Waals surface area contributed by atoms with Crippen LogP contribution in [0.5, 0.6) is 0 Å². The highest BCUT2D eigenvalue weighted by Gasteiger charge is 2.30. The first kappa shape index (κ1) is 88.2. The lowest BCUT2D eigenvalue weighted by atomic mass is 10.0. The van der Waals surface area contributed by atoms with Crippen LogP contribution in [-0.4, -0.2) is 96.7 Å². The van der Waals surface area contributed by atoms with Gasteiger partial charge in [0.2, 0.25) is 0 Å². The highest BCUT2D eigenvalue weighted by Crippen LogP contribution is 2.45. The third kappa shape index (κ3) is 64.9. The molecule has 0 spiro atoms. The Balaban J connectivity index is 5.35. The molecule has 92 heavy (non-hydrogen) atoms. The number of phosphoric ester groups is 2. The molecule has 532 valence electrons. The van der Waals surface area contributed by atoms with Gasteiger partial charge in [-0.1, -0.05) is 248 Å². The molecule has 0 amide bonds. The normalized spacial score (nSPS) is 14.6. The van der Waals surface area contributed by atoms with Gasteiger partial charge in [0.15, 0.2) is 12.2 Å². The van der Waals surface area contributed by atoms with E-state index in [4.69, 9.17) is 37.0 Å². The van der Waals surface area contributed by atoms with E-state index in [2.05, 4.69) is 113 Å². The number of hydrogen-bond acceptors (Lipinski definition) is 15. The zero-order valence-electron chi connectivity index (χ0n) is 57.7. The Kier molecular flexibility index (Phi) is 63.2. The molecule has 17 nitrogen and oxygen atoms in total. The van der Waals surface area contributed by atoms with Crippen molar-refractivity contribution in [2.45, 2.75) is 316 Å². The highest BCUT2D eigenvalue weighted by molar-refractivity contribution is 7.47. The highest BCUT2D eigenvalue weighted by atomic mass is 31.2. The first-order chi connectivity index (χ1) is 44.7. The Morgan fingerprint density at radius 3 is 0.978 bits per heavy atom. The minimum atomic E-state index is -4.97. The number of allylic oxidation sites excluding steroid dienone is 14. The zero-order chi connectivity index (χ0) is 67.5. The van der Waals surface area contributed by atoms with Crippen molar-refractivity contribution in [3.63, 3.8) is 0 Å². The van der Waals surface area contributed by atoms with Crippen LogP contribution in [0.3, 0.4) is 0 Å². The standard InChI is InChI=1S/C73H128O17P2/c1-5-9-13-17-21-25-29-32-33-36-39-42-46-50-54-58-71(76)84-64-69(90-73(78)60-56-52-48-44-40-35-31-27-23-19-15-11-7-3)66-88-92(81,82)86-62-67(74)61-85-91(79,80)87-65-68(89-72(77)59-55-51-47-43-37-28-24-20-16-12-8-4)63-83-70(75)57-53-49-45-41-38-34-30-26-22-18-14-10-6-2/h9,13-14,18,20-21,24-26,30,32-33,39,42,67-69,74H,5-8,10-12,15-17,19,22-23,27-29,31,34-38,40-41,43-66H2,1-4H3,(H,79,80)(H,81,82)/b13-9-,18-14-,24-20-,25-21-,30-26-,33-32-,42-39-. The monoisotopic (exact) mass is 1340 g/mol. The lowest BCUT2D eigenvalue weighted by molar-refractivity contribution is -0.161. The van der Waals surface area contributed by atoms with Crippen molar-refractivity contribution in [3.8, 4) is 0 Å². The number of esters is 4. The van der Waals surface area contributed by atoms with Crippen molar-refractivity contribution < 1.29 is 80.2 Å². The number of unbranched alkanes of at least 4 members (excludes halogenated alkanes) is 27. The molecule has 0 aromatic heterocycles. The molecule has 0 saturated heterocycles. The first-order valence-corrected chi connectivity index (χ1v) is 38.8. The van der Waals surface area contributed by atoms with Gasteiger partial charge < -0.3 is 33.8 Å².